The van der Waals surface area contributed by atoms with Crippen molar-refractivity contribution in [2.75, 3.05) is 10.6 Å². The second kappa shape index (κ2) is 7.00. The zero-order valence-corrected chi connectivity index (χ0v) is 12.1. The predicted octanol–water partition coefficient (Wildman–Crippen LogP) is 4.55. The third-order valence-corrected chi connectivity index (χ3v) is 3.08. The third-order valence-electron chi connectivity index (χ3n) is 3.08. The summed E-state index contributed by atoms with van der Waals surface area (Å²) in [5.41, 5.74) is -1.04. The molecule has 0 spiro atoms. The second-order valence-electron chi connectivity index (χ2n) is 4.76. The first kappa shape index (κ1) is 17.3. The number of amides is 2. The summed E-state index contributed by atoms with van der Waals surface area (Å²) >= 11 is 0. The number of nitrogens with zero attached hydrogens (tertiary/aromatic N) is 1. The average molecular weight is 337 g/mol. The van der Waals surface area contributed by atoms with Crippen LogP contribution in [0.5, 0.6) is 0 Å². The molecule has 0 saturated heterocycles. The molecule has 0 atom stereocenters. The standard InChI is InChI=1S/C16H11F4N3O/c17-12-3-1-2-4-13(12)22-15(24)23-14-9-11(16(18,19)20)6-5-10(14)7-8-21/h1-6,9H,7H2,(H2,22,23,24). The molecule has 2 amide bonds. The number of anilines is 2. The van der Waals surface area contributed by atoms with Crippen LogP contribution in [0.25, 0.3) is 0 Å². The van der Waals surface area contributed by atoms with E-state index in [9.17, 15) is 22.4 Å². The fourth-order valence-electron chi connectivity index (χ4n) is 1.95. The van der Waals surface area contributed by atoms with Crippen LogP contribution in [0.1, 0.15) is 11.1 Å². The number of hydrogen-bond donors (Lipinski definition) is 2. The lowest BCUT2D eigenvalue weighted by Crippen LogP contribution is -2.21. The molecular formula is C16H11F4N3O. The van der Waals surface area contributed by atoms with Crippen LogP contribution in [0.4, 0.5) is 33.7 Å². The zero-order valence-electron chi connectivity index (χ0n) is 12.1. The van der Waals surface area contributed by atoms with Crippen LogP contribution < -0.4 is 10.6 Å². The van der Waals surface area contributed by atoms with Gasteiger partial charge in [-0.15, -0.1) is 0 Å². The minimum atomic E-state index is -4.59. The Labute approximate surface area is 134 Å². The summed E-state index contributed by atoms with van der Waals surface area (Å²) < 4.78 is 51.8. The average Bonchev–Trinajstić information content (AvgIpc) is 2.50. The van der Waals surface area contributed by atoms with E-state index >= 15 is 0 Å². The fraction of sp³-hybridized carbons (Fsp3) is 0.125. The Morgan fingerprint density at radius 2 is 1.75 bits per heavy atom. The van der Waals surface area contributed by atoms with Crippen molar-refractivity contribution >= 4 is 17.4 Å². The van der Waals surface area contributed by atoms with E-state index in [1.54, 1.807) is 6.07 Å². The molecule has 0 unspecified atom stereocenters. The summed E-state index contributed by atoms with van der Waals surface area (Å²) in [6.45, 7) is 0. The van der Waals surface area contributed by atoms with E-state index in [0.717, 1.165) is 24.3 Å². The fourth-order valence-corrected chi connectivity index (χ4v) is 1.95. The van der Waals surface area contributed by atoms with Crippen molar-refractivity contribution in [2.45, 2.75) is 12.6 Å². The lowest BCUT2D eigenvalue weighted by molar-refractivity contribution is -0.137. The highest BCUT2D eigenvalue weighted by Gasteiger charge is 2.31. The molecule has 8 heteroatoms. The monoisotopic (exact) mass is 337 g/mol. The van der Waals surface area contributed by atoms with Crippen LogP contribution >= 0.6 is 0 Å². The van der Waals surface area contributed by atoms with Gasteiger partial charge in [0.2, 0.25) is 0 Å². The maximum Gasteiger partial charge on any atom is 0.416 e. The van der Waals surface area contributed by atoms with Gasteiger partial charge < -0.3 is 10.6 Å². The molecule has 2 aromatic rings. The maximum atomic E-state index is 13.5. The molecule has 24 heavy (non-hydrogen) atoms. The Kier molecular flexibility index (Phi) is 5.04. The summed E-state index contributed by atoms with van der Waals surface area (Å²) in [6, 6.07) is 8.90. The predicted molar refractivity (Wildman–Crippen MR) is 79.8 cm³/mol. The number of carbonyl (C=O) groups is 1. The molecule has 0 aliphatic rings. The Balaban J connectivity index is 2.25. The highest BCUT2D eigenvalue weighted by atomic mass is 19.4. The summed E-state index contributed by atoms with van der Waals surface area (Å²) in [4.78, 5) is 11.9. The van der Waals surface area contributed by atoms with Gasteiger partial charge in [-0.1, -0.05) is 18.2 Å². The third kappa shape index (κ3) is 4.23. The van der Waals surface area contributed by atoms with Crippen LogP contribution in [-0.2, 0) is 12.6 Å². The van der Waals surface area contributed by atoms with Crippen LogP contribution in [0.3, 0.4) is 0 Å². The van der Waals surface area contributed by atoms with E-state index in [2.05, 4.69) is 10.6 Å². The molecule has 0 radical (unpaired) electrons. The highest BCUT2D eigenvalue weighted by Crippen LogP contribution is 2.32. The van der Waals surface area contributed by atoms with Crippen molar-refractivity contribution in [1.82, 2.24) is 0 Å². The molecule has 0 aromatic heterocycles. The minimum Gasteiger partial charge on any atom is -0.307 e. The van der Waals surface area contributed by atoms with Crippen LogP contribution in [0, 0.1) is 17.1 Å². The van der Waals surface area contributed by atoms with Crippen molar-refractivity contribution in [3.63, 3.8) is 0 Å². The molecule has 0 fully saturated rings. The first-order valence-corrected chi connectivity index (χ1v) is 6.71. The van der Waals surface area contributed by atoms with E-state index in [1.165, 1.54) is 18.2 Å². The number of urea groups is 1. The molecule has 2 aromatic carbocycles. The number of benzene rings is 2. The van der Waals surface area contributed by atoms with Crippen molar-refractivity contribution in [2.24, 2.45) is 0 Å². The summed E-state index contributed by atoms with van der Waals surface area (Å²) in [5.74, 6) is -0.686. The van der Waals surface area contributed by atoms with Gasteiger partial charge in [-0.3, -0.25) is 0 Å². The summed E-state index contributed by atoms with van der Waals surface area (Å²) in [7, 11) is 0. The molecule has 0 heterocycles. The number of hydrogen-bond acceptors (Lipinski definition) is 2. The van der Waals surface area contributed by atoms with Crippen LogP contribution in [0.2, 0.25) is 0 Å². The van der Waals surface area contributed by atoms with Gasteiger partial charge in [0.25, 0.3) is 0 Å². The largest absolute Gasteiger partial charge is 0.416 e. The van der Waals surface area contributed by atoms with Gasteiger partial charge in [0.1, 0.15) is 5.82 Å². The van der Waals surface area contributed by atoms with Gasteiger partial charge in [0.15, 0.2) is 0 Å². The minimum absolute atomic E-state index is 0.121. The number of carbonyl (C=O) groups excluding carboxylic acids is 1. The molecule has 0 aliphatic carbocycles. The van der Waals surface area contributed by atoms with Crippen LogP contribution in [-0.4, -0.2) is 6.03 Å². The van der Waals surface area contributed by atoms with E-state index < -0.39 is 23.6 Å². The van der Waals surface area contributed by atoms with Gasteiger partial charge in [-0.2, -0.15) is 18.4 Å². The number of para-hydroxylation sites is 1. The number of nitrogens with one attached hydrogen (secondary N) is 2. The maximum absolute atomic E-state index is 13.5. The normalized spacial score (nSPS) is 10.8. The first-order chi connectivity index (χ1) is 11.3. The number of rotatable bonds is 3. The smallest absolute Gasteiger partial charge is 0.307 e. The summed E-state index contributed by atoms with van der Waals surface area (Å²) in [5, 5.41) is 13.1. The Morgan fingerprint density at radius 1 is 1.08 bits per heavy atom. The molecular weight excluding hydrogens is 326 g/mol. The van der Waals surface area contributed by atoms with Crippen molar-refractivity contribution in [1.29, 1.82) is 5.26 Å². The van der Waals surface area contributed by atoms with Gasteiger partial charge in [0.05, 0.1) is 23.7 Å². The number of halogens is 4. The topological polar surface area (TPSA) is 64.9 Å². The van der Waals surface area contributed by atoms with Crippen molar-refractivity contribution in [3.8, 4) is 6.07 Å². The first-order valence-electron chi connectivity index (χ1n) is 6.71. The zero-order chi connectivity index (χ0) is 17.7. The van der Waals surface area contributed by atoms with E-state index in [-0.39, 0.29) is 23.4 Å². The van der Waals surface area contributed by atoms with Gasteiger partial charge >= 0.3 is 12.2 Å². The number of nitriles is 1. The van der Waals surface area contributed by atoms with E-state index in [0.29, 0.717) is 0 Å². The van der Waals surface area contributed by atoms with Crippen LogP contribution in [0.15, 0.2) is 42.5 Å². The highest BCUT2D eigenvalue weighted by molar-refractivity contribution is 6.00. The Hall–Kier alpha value is -3.08. The molecule has 2 N–H and O–H groups in total. The molecule has 4 nitrogen and oxygen atoms in total. The van der Waals surface area contributed by atoms with Gasteiger partial charge in [0, 0.05) is 5.69 Å². The van der Waals surface area contributed by atoms with E-state index in [1.807, 2.05) is 0 Å². The SMILES string of the molecule is N#CCc1ccc(C(F)(F)F)cc1NC(=O)Nc1ccccc1F. The van der Waals surface area contributed by atoms with Crippen molar-refractivity contribution in [3.05, 3.63) is 59.4 Å². The second-order valence-corrected chi connectivity index (χ2v) is 4.76. The van der Waals surface area contributed by atoms with E-state index in [4.69, 9.17) is 5.26 Å². The Morgan fingerprint density at radius 3 is 2.38 bits per heavy atom. The number of alkyl halides is 3. The van der Waals surface area contributed by atoms with Crippen molar-refractivity contribution < 1.29 is 22.4 Å². The lowest BCUT2D eigenvalue weighted by atomic mass is 10.1. The molecule has 0 saturated carbocycles. The summed E-state index contributed by atoms with van der Waals surface area (Å²) in [6.07, 6.45) is -4.78. The molecule has 2 rings (SSSR count). The molecule has 0 bridgehead atoms. The van der Waals surface area contributed by atoms with Gasteiger partial charge in [-0.25, -0.2) is 9.18 Å². The lowest BCUT2D eigenvalue weighted by Gasteiger charge is -2.14. The quantitative estimate of drug-likeness (QED) is 0.807. The molecule has 124 valence electrons. The molecule has 0 aliphatic heterocycles. The Bertz CT molecular complexity index is 797. The van der Waals surface area contributed by atoms with Gasteiger partial charge in [-0.05, 0) is 29.8 Å².